The average molecular weight is 299 g/mol. The molecule has 1 aliphatic rings. The van der Waals surface area contributed by atoms with Crippen molar-refractivity contribution in [1.29, 1.82) is 0 Å². The van der Waals surface area contributed by atoms with E-state index in [1.165, 1.54) is 12.5 Å². The zero-order valence-corrected chi connectivity index (χ0v) is 13.2. The predicted molar refractivity (Wildman–Crippen MR) is 77.7 cm³/mol. The molecule has 1 aromatic rings. The molecular weight excluding hydrogens is 280 g/mol. The number of halogens is 1. The highest BCUT2D eigenvalue weighted by Gasteiger charge is 2.52. The Morgan fingerprint density at radius 1 is 1.25 bits per heavy atom. The fraction of sp³-hybridized carbons (Fsp3) is 0.615. The Balaban J connectivity index is 2.40. The molecule has 4 nitrogen and oxygen atoms in total. The first-order valence-electron chi connectivity index (χ1n) is 6.42. The topological polar surface area (TPSA) is 48.4 Å². The van der Waals surface area contributed by atoms with Crippen LogP contribution < -0.4 is 5.46 Å². The van der Waals surface area contributed by atoms with Gasteiger partial charge in [-0.05, 0) is 27.7 Å². The third-order valence-corrected chi connectivity index (χ3v) is 4.59. The van der Waals surface area contributed by atoms with Gasteiger partial charge in [0.15, 0.2) is 0 Å². The van der Waals surface area contributed by atoms with E-state index in [0.29, 0.717) is 11.0 Å². The van der Waals surface area contributed by atoms with Crippen LogP contribution in [0.15, 0.2) is 12.4 Å². The first-order valence-corrected chi connectivity index (χ1v) is 8.15. The number of hydrogen-bond donors (Lipinski definition) is 0. The Kier molecular flexibility index (Phi) is 4.06. The molecule has 1 aliphatic heterocycles. The molecule has 1 unspecified atom stereocenters. The second-order valence-electron chi connectivity index (χ2n) is 5.99. The maximum Gasteiger partial charge on any atom is 0.496 e. The Hall–Kier alpha value is -0.785. The van der Waals surface area contributed by atoms with Crippen LogP contribution >= 0.6 is 0 Å². The van der Waals surface area contributed by atoms with E-state index in [9.17, 15) is 8.60 Å². The van der Waals surface area contributed by atoms with Gasteiger partial charge in [0.2, 0.25) is 0 Å². The van der Waals surface area contributed by atoms with Crippen LogP contribution in [0.3, 0.4) is 0 Å². The van der Waals surface area contributed by atoms with Crippen molar-refractivity contribution in [3.05, 3.63) is 23.8 Å². The second-order valence-corrected chi connectivity index (χ2v) is 7.43. The zero-order chi connectivity index (χ0) is 15.1. The SMILES string of the molecule is CS(=O)Cc1c(F)cncc1B1OC(C)(C)C(C)(C)O1. The second kappa shape index (κ2) is 5.20. The van der Waals surface area contributed by atoms with Crippen LogP contribution in [0.2, 0.25) is 0 Å². The lowest BCUT2D eigenvalue weighted by atomic mass is 9.77. The summed E-state index contributed by atoms with van der Waals surface area (Å²) in [5.74, 6) is -0.360. The molecule has 0 amide bonds. The highest BCUT2D eigenvalue weighted by atomic mass is 32.2. The van der Waals surface area contributed by atoms with Gasteiger partial charge in [-0.25, -0.2) is 4.39 Å². The summed E-state index contributed by atoms with van der Waals surface area (Å²) in [5.41, 5.74) is -0.155. The van der Waals surface area contributed by atoms with Crippen LogP contribution in [0.5, 0.6) is 0 Å². The van der Waals surface area contributed by atoms with Crippen LogP contribution in [-0.2, 0) is 25.9 Å². The summed E-state index contributed by atoms with van der Waals surface area (Å²) in [4.78, 5) is 3.86. The van der Waals surface area contributed by atoms with Crippen molar-refractivity contribution >= 4 is 23.4 Å². The summed E-state index contributed by atoms with van der Waals surface area (Å²) >= 11 is 0. The van der Waals surface area contributed by atoms with E-state index in [4.69, 9.17) is 9.31 Å². The lowest BCUT2D eigenvalue weighted by Gasteiger charge is -2.32. The molecule has 2 heterocycles. The largest absolute Gasteiger partial charge is 0.496 e. The van der Waals surface area contributed by atoms with Crippen molar-refractivity contribution < 1.29 is 17.9 Å². The molecule has 1 fully saturated rings. The lowest BCUT2D eigenvalue weighted by Crippen LogP contribution is -2.41. The minimum Gasteiger partial charge on any atom is -0.399 e. The van der Waals surface area contributed by atoms with Crippen molar-refractivity contribution in [2.45, 2.75) is 44.6 Å². The first-order chi connectivity index (χ1) is 9.14. The lowest BCUT2D eigenvalue weighted by molar-refractivity contribution is 0.00578. The predicted octanol–water partition coefficient (Wildman–Crippen LogP) is 1.40. The molecule has 0 aliphatic carbocycles. The molecular formula is C13H19BFNO3S. The van der Waals surface area contributed by atoms with Crippen molar-refractivity contribution in [3.63, 3.8) is 0 Å². The Morgan fingerprint density at radius 3 is 2.30 bits per heavy atom. The van der Waals surface area contributed by atoms with Gasteiger partial charge in [-0.1, -0.05) is 0 Å². The van der Waals surface area contributed by atoms with Gasteiger partial charge in [-0.3, -0.25) is 9.19 Å². The maximum atomic E-state index is 13.9. The quantitative estimate of drug-likeness (QED) is 0.792. The van der Waals surface area contributed by atoms with Gasteiger partial charge in [0, 0.05) is 34.3 Å². The van der Waals surface area contributed by atoms with E-state index < -0.39 is 34.9 Å². The summed E-state index contributed by atoms with van der Waals surface area (Å²) in [7, 11) is -1.85. The van der Waals surface area contributed by atoms with Crippen LogP contribution in [0.1, 0.15) is 33.3 Å². The molecule has 1 atom stereocenters. The van der Waals surface area contributed by atoms with Gasteiger partial charge >= 0.3 is 7.12 Å². The summed E-state index contributed by atoms with van der Waals surface area (Å²) in [5, 5.41) is 0. The third kappa shape index (κ3) is 2.80. The summed E-state index contributed by atoms with van der Waals surface area (Å²) in [6, 6.07) is 0. The van der Waals surface area contributed by atoms with Gasteiger partial charge in [0.05, 0.1) is 23.2 Å². The molecule has 0 radical (unpaired) electrons. The van der Waals surface area contributed by atoms with Gasteiger partial charge < -0.3 is 9.31 Å². The fourth-order valence-corrected chi connectivity index (χ4v) is 2.72. The maximum absolute atomic E-state index is 13.9. The van der Waals surface area contributed by atoms with Crippen LogP contribution in [-0.4, -0.2) is 33.8 Å². The highest BCUT2D eigenvalue weighted by molar-refractivity contribution is 7.83. The number of hydrogen-bond acceptors (Lipinski definition) is 4. The van der Waals surface area contributed by atoms with E-state index in [1.54, 1.807) is 0 Å². The van der Waals surface area contributed by atoms with Crippen molar-refractivity contribution in [2.24, 2.45) is 0 Å². The molecule has 0 spiro atoms. The van der Waals surface area contributed by atoms with Crippen molar-refractivity contribution in [1.82, 2.24) is 4.98 Å². The molecule has 0 aromatic carbocycles. The van der Waals surface area contributed by atoms with Crippen LogP contribution in [0, 0.1) is 5.82 Å². The highest BCUT2D eigenvalue weighted by Crippen LogP contribution is 2.36. The Labute approximate surface area is 121 Å². The molecule has 0 N–H and O–H groups in total. The Morgan fingerprint density at radius 2 is 1.80 bits per heavy atom. The fourth-order valence-electron chi connectivity index (χ4n) is 2.01. The molecule has 110 valence electrons. The van der Waals surface area contributed by atoms with E-state index >= 15 is 0 Å². The van der Waals surface area contributed by atoms with E-state index in [2.05, 4.69) is 4.98 Å². The summed E-state index contributed by atoms with van der Waals surface area (Å²) in [6.07, 6.45) is 4.18. The molecule has 20 heavy (non-hydrogen) atoms. The smallest absolute Gasteiger partial charge is 0.399 e. The van der Waals surface area contributed by atoms with Crippen molar-refractivity contribution in [2.75, 3.05) is 6.26 Å². The van der Waals surface area contributed by atoms with Crippen LogP contribution in [0.25, 0.3) is 0 Å². The number of nitrogens with zero attached hydrogens (tertiary/aromatic N) is 1. The third-order valence-electron chi connectivity index (χ3n) is 3.89. The Bertz CT molecular complexity index is 534. The average Bonchev–Trinajstić information content (AvgIpc) is 2.50. The van der Waals surface area contributed by atoms with E-state index in [0.717, 1.165) is 6.20 Å². The number of aromatic nitrogens is 1. The summed E-state index contributed by atoms with van der Waals surface area (Å²) < 4.78 is 37.2. The minimum atomic E-state index is -1.15. The molecule has 1 saturated heterocycles. The normalized spacial score (nSPS) is 22.0. The van der Waals surface area contributed by atoms with Crippen molar-refractivity contribution in [3.8, 4) is 0 Å². The minimum absolute atomic E-state index is 0.119. The molecule has 1 aromatic heterocycles. The van der Waals surface area contributed by atoms with Gasteiger partial charge in [-0.2, -0.15) is 0 Å². The van der Waals surface area contributed by atoms with Gasteiger partial charge in [-0.15, -0.1) is 0 Å². The zero-order valence-electron chi connectivity index (χ0n) is 12.4. The molecule has 7 heteroatoms. The standard InChI is InChI=1S/C13H19BFNO3S/c1-12(2)13(3,4)19-14(18-12)10-6-16-7-11(15)9(10)8-20(5)17/h6-7H,8H2,1-5H3. The molecule has 0 bridgehead atoms. The number of pyridine rings is 1. The molecule has 0 saturated carbocycles. The van der Waals surface area contributed by atoms with E-state index in [1.807, 2.05) is 27.7 Å². The van der Waals surface area contributed by atoms with Gasteiger partial charge in [0.1, 0.15) is 5.82 Å². The first kappa shape index (κ1) is 15.6. The number of rotatable bonds is 3. The van der Waals surface area contributed by atoms with Crippen LogP contribution in [0.4, 0.5) is 4.39 Å². The summed E-state index contributed by atoms with van der Waals surface area (Å²) in [6.45, 7) is 7.71. The van der Waals surface area contributed by atoms with Gasteiger partial charge in [0.25, 0.3) is 0 Å². The van der Waals surface area contributed by atoms with E-state index in [-0.39, 0.29) is 5.75 Å². The molecule has 2 rings (SSSR count). The monoisotopic (exact) mass is 299 g/mol.